The molecule has 1 aliphatic heterocycles. The lowest BCUT2D eigenvalue weighted by Crippen LogP contribution is -2.38. The van der Waals surface area contributed by atoms with Gasteiger partial charge >= 0.3 is 0 Å². The van der Waals surface area contributed by atoms with Gasteiger partial charge in [-0.1, -0.05) is 11.6 Å². The van der Waals surface area contributed by atoms with Crippen LogP contribution >= 0.6 is 11.6 Å². The molecule has 2 N–H and O–H groups in total. The number of nitrogens with two attached hydrogens (primary N) is 1. The number of halogens is 1. The molecule has 1 saturated heterocycles. The zero-order chi connectivity index (χ0) is 17.1. The lowest BCUT2D eigenvalue weighted by molar-refractivity contribution is 0.0713. The van der Waals surface area contributed by atoms with E-state index in [0.29, 0.717) is 35.1 Å². The molecule has 1 aromatic heterocycles. The van der Waals surface area contributed by atoms with Gasteiger partial charge in [-0.25, -0.2) is 4.98 Å². The number of rotatable bonds is 2. The van der Waals surface area contributed by atoms with Crippen LogP contribution in [0.1, 0.15) is 40.2 Å². The van der Waals surface area contributed by atoms with Crippen LogP contribution in [0, 0.1) is 11.3 Å². The molecule has 0 saturated carbocycles. The highest BCUT2D eigenvalue weighted by Crippen LogP contribution is 2.35. The molecule has 0 aliphatic carbocycles. The molecule has 5 nitrogen and oxygen atoms in total. The topological polar surface area (TPSA) is 83.0 Å². The Kier molecular flexibility index (Phi) is 4.68. The van der Waals surface area contributed by atoms with Gasteiger partial charge in [-0.3, -0.25) is 4.79 Å². The molecular weight excluding hydrogens is 324 g/mol. The van der Waals surface area contributed by atoms with Gasteiger partial charge < -0.3 is 10.6 Å². The highest BCUT2D eigenvalue weighted by Gasteiger charge is 2.27. The lowest BCUT2D eigenvalue weighted by Gasteiger charge is -2.32. The molecule has 0 unspecified atom stereocenters. The van der Waals surface area contributed by atoms with Crippen LogP contribution in [0.2, 0.25) is 5.02 Å². The first kappa shape index (κ1) is 16.3. The SMILES string of the molecule is N#Cc1ccc(C(=O)N2CCC(c3c(Cl)ccnc3N)CC2)cc1. The third-order valence-electron chi connectivity index (χ3n) is 4.42. The van der Waals surface area contributed by atoms with Gasteiger partial charge in [0.15, 0.2) is 0 Å². The molecule has 24 heavy (non-hydrogen) atoms. The lowest BCUT2D eigenvalue weighted by atomic mass is 9.89. The minimum Gasteiger partial charge on any atom is -0.383 e. The monoisotopic (exact) mass is 340 g/mol. The summed E-state index contributed by atoms with van der Waals surface area (Å²) in [5.74, 6) is 0.679. The number of anilines is 1. The van der Waals surface area contributed by atoms with E-state index in [0.717, 1.165) is 18.4 Å². The molecule has 2 heterocycles. The van der Waals surface area contributed by atoms with Gasteiger partial charge in [0.2, 0.25) is 0 Å². The number of pyridine rings is 1. The van der Waals surface area contributed by atoms with Crippen molar-refractivity contribution in [1.29, 1.82) is 5.26 Å². The van der Waals surface area contributed by atoms with Gasteiger partial charge in [-0.2, -0.15) is 5.26 Å². The molecule has 0 spiro atoms. The molecular formula is C18H17ClN4O. The number of benzene rings is 1. The van der Waals surface area contributed by atoms with Crippen LogP contribution in [0.3, 0.4) is 0 Å². The van der Waals surface area contributed by atoms with Crippen molar-refractivity contribution in [1.82, 2.24) is 9.88 Å². The fourth-order valence-electron chi connectivity index (χ4n) is 3.11. The summed E-state index contributed by atoms with van der Waals surface area (Å²) in [4.78, 5) is 18.5. The molecule has 6 heteroatoms. The quantitative estimate of drug-likeness (QED) is 0.909. The Balaban J connectivity index is 1.68. The summed E-state index contributed by atoms with van der Waals surface area (Å²) in [6.45, 7) is 1.29. The molecule has 0 bridgehead atoms. The van der Waals surface area contributed by atoms with E-state index in [4.69, 9.17) is 22.6 Å². The Labute approximate surface area is 145 Å². The van der Waals surface area contributed by atoms with Crippen LogP contribution in [-0.2, 0) is 0 Å². The van der Waals surface area contributed by atoms with Crippen LogP contribution in [0.4, 0.5) is 5.82 Å². The van der Waals surface area contributed by atoms with E-state index >= 15 is 0 Å². The maximum atomic E-state index is 12.6. The van der Waals surface area contributed by atoms with Gasteiger partial charge in [0.25, 0.3) is 5.91 Å². The smallest absolute Gasteiger partial charge is 0.253 e. The number of hydrogen-bond acceptors (Lipinski definition) is 4. The van der Waals surface area contributed by atoms with Gasteiger partial charge in [-0.05, 0) is 49.1 Å². The number of carbonyl (C=O) groups is 1. The Hall–Kier alpha value is -2.58. The summed E-state index contributed by atoms with van der Waals surface area (Å²) in [6.07, 6.45) is 3.21. The maximum absolute atomic E-state index is 12.6. The zero-order valence-corrected chi connectivity index (χ0v) is 13.8. The summed E-state index contributed by atoms with van der Waals surface area (Å²) >= 11 is 6.26. The summed E-state index contributed by atoms with van der Waals surface area (Å²) in [5, 5.41) is 9.46. The van der Waals surface area contributed by atoms with Gasteiger partial charge in [-0.15, -0.1) is 0 Å². The second-order valence-corrected chi connectivity index (χ2v) is 6.25. The minimum atomic E-state index is -0.0109. The first-order chi connectivity index (χ1) is 11.6. The first-order valence-corrected chi connectivity index (χ1v) is 8.17. The second kappa shape index (κ2) is 6.90. The fraction of sp³-hybridized carbons (Fsp3) is 0.278. The third-order valence-corrected chi connectivity index (χ3v) is 4.75. The number of amides is 1. The summed E-state index contributed by atoms with van der Waals surface area (Å²) in [6, 6.07) is 10.5. The van der Waals surface area contributed by atoms with E-state index in [1.54, 1.807) is 36.5 Å². The third kappa shape index (κ3) is 3.19. The first-order valence-electron chi connectivity index (χ1n) is 7.79. The van der Waals surface area contributed by atoms with Gasteiger partial charge in [0.05, 0.1) is 11.6 Å². The highest BCUT2D eigenvalue weighted by atomic mass is 35.5. The van der Waals surface area contributed by atoms with E-state index in [1.807, 2.05) is 4.90 Å². The van der Waals surface area contributed by atoms with E-state index in [2.05, 4.69) is 11.1 Å². The molecule has 1 amide bonds. The van der Waals surface area contributed by atoms with Gasteiger partial charge in [0, 0.05) is 35.4 Å². The van der Waals surface area contributed by atoms with Crippen molar-refractivity contribution in [2.24, 2.45) is 0 Å². The number of piperidine rings is 1. The number of nitriles is 1. The number of nitrogens with zero attached hydrogens (tertiary/aromatic N) is 3. The van der Waals surface area contributed by atoms with Crippen molar-refractivity contribution in [3.05, 3.63) is 58.2 Å². The molecule has 1 aromatic carbocycles. The molecule has 1 aliphatic rings. The second-order valence-electron chi connectivity index (χ2n) is 5.85. The van der Waals surface area contributed by atoms with Gasteiger partial charge in [0.1, 0.15) is 5.82 Å². The van der Waals surface area contributed by atoms with E-state index in [1.165, 1.54) is 0 Å². The molecule has 2 aromatic rings. The number of carbonyl (C=O) groups excluding carboxylic acids is 1. The van der Waals surface area contributed by atoms with Crippen LogP contribution < -0.4 is 5.73 Å². The van der Waals surface area contributed by atoms with Crippen molar-refractivity contribution in [3.63, 3.8) is 0 Å². The Bertz CT molecular complexity index is 769. The Morgan fingerprint density at radius 3 is 2.50 bits per heavy atom. The molecule has 122 valence electrons. The van der Waals surface area contributed by atoms with Crippen LogP contribution in [0.5, 0.6) is 0 Å². The Morgan fingerprint density at radius 2 is 1.92 bits per heavy atom. The van der Waals surface area contributed by atoms with Crippen molar-refractivity contribution in [3.8, 4) is 6.07 Å². The van der Waals surface area contributed by atoms with Crippen LogP contribution in [-0.4, -0.2) is 28.9 Å². The predicted molar refractivity (Wildman–Crippen MR) is 92.7 cm³/mol. The fourth-order valence-corrected chi connectivity index (χ4v) is 3.42. The summed E-state index contributed by atoms with van der Waals surface area (Å²) in [5.41, 5.74) is 8.01. The average Bonchev–Trinajstić information content (AvgIpc) is 2.62. The van der Waals surface area contributed by atoms with E-state index in [-0.39, 0.29) is 11.8 Å². The molecule has 1 fully saturated rings. The molecule has 3 rings (SSSR count). The molecule has 0 radical (unpaired) electrons. The molecule has 0 atom stereocenters. The van der Waals surface area contributed by atoms with E-state index < -0.39 is 0 Å². The van der Waals surface area contributed by atoms with Crippen molar-refractivity contribution < 1.29 is 4.79 Å². The van der Waals surface area contributed by atoms with Crippen molar-refractivity contribution in [2.75, 3.05) is 18.8 Å². The number of hydrogen-bond donors (Lipinski definition) is 1. The van der Waals surface area contributed by atoms with Crippen LogP contribution in [0.15, 0.2) is 36.5 Å². The average molecular weight is 341 g/mol. The number of nitrogen functional groups attached to an aromatic ring is 1. The predicted octanol–water partition coefficient (Wildman–Crippen LogP) is 3.21. The maximum Gasteiger partial charge on any atom is 0.253 e. The summed E-state index contributed by atoms with van der Waals surface area (Å²) in [7, 11) is 0. The standard InChI is InChI=1S/C18H17ClN4O/c19-15-5-8-22-17(21)16(15)13-6-9-23(10-7-13)18(24)14-3-1-12(11-20)2-4-14/h1-5,8,13H,6-7,9-10H2,(H2,21,22). The van der Waals surface area contributed by atoms with Crippen molar-refractivity contribution in [2.45, 2.75) is 18.8 Å². The van der Waals surface area contributed by atoms with E-state index in [9.17, 15) is 4.79 Å². The largest absolute Gasteiger partial charge is 0.383 e. The minimum absolute atomic E-state index is 0.0109. The summed E-state index contributed by atoms with van der Waals surface area (Å²) < 4.78 is 0. The Morgan fingerprint density at radius 1 is 1.25 bits per heavy atom. The number of aromatic nitrogens is 1. The van der Waals surface area contributed by atoms with Crippen LogP contribution in [0.25, 0.3) is 0 Å². The van der Waals surface area contributed by atoms with Crippen molar-refractivity contribution >= 4 is 23.3 Å². The zero-order valence-electron chi connectivity index (χ0n) is 13.1. The highest BCUT2D eigenvalue weighted by molar-refractivity contribution is 6.31. The normalized spacial score (nSPS) is 15.1. The number of likely N-dealkylation sites (tertiary alicyclic amines) is 1.